The molecule has 0 spiro atoms. The van der Waals surface area contributed by atoms with Crippen LogP contribution < -0.4 is 10.6 Å². The smallest absolute Gasteiger partial charge is 0.227 e. The number of H-pyrrole nitrogens is 1. The van der Waals surface area contributed by atoms with Gasteiger partial charge in [-0.2, -0.15) is 0 Å². The Morgan fingerprint density at radius 1 is 0.675 bits per heavy atom. The van der Waals surface area contributed by atoms with Crippen molar-refractivity contribution in [3.05, 3.63) is 115 Å². The average Bonchev–Trinajstić information content (AvgIpc) is 3.92. The summed E-state index contributed by atoms with van der Waals surface area (Å²) in [4.78, 5) is 31.7. The van der Waals surface area contributed by atoms with E-state index in [9.17, 15) is 9.59 Å². The number of fused-ring (bicyclic) bond motifs is 1. The monoisotopic (exact) mass is 530 g/mol. The van der Waals surface area contributed by atoms with Crippen LogP contribution in [0.2, 0.25) is 0 Å². The summed E-state index contributed by atoms with van der Waals surface area (Å²) in [5.74, 6) is 1.33. The summed E-state index contributed by atoms with van der Waals surface area (Å²) in [5, 5.41) is 5.90. The van der Waals surface area contributed by atoms with Crippen LogP contribution in [0.4, 0.5) is 11.4 Å². The number of hydrogen-bond acceptors (Lipinski definition) is 3. The molecule has 4 aromatic carbocycles. The number of nitrogens with zero attached hydrogens (tertiary/aromatic N) is 1. The number of carbonyl (C=O) groups excluding carboxylic acids is 2. The van der Waals surface area contributed by atoms with Gasteiger partial charge in [-0.1, -0.05) is 72.3 Å². The van der Waals surface area contributed by atoms with Crippen LogP contribution in [0.25, 0.3) is 22.4 Å². The van der Waals surface area contributed by atoms with Crippen LogP contribution in [0.5, 0.6) is 0 Å². The number of hydrogen-bond donors (Lipinski definition) is 3. The van der Waals surface area contributed by atoms with Gasteiger partial charge in [0.05, 0.1) is 11.0 Å². The van der Waals surface area contributed by atoms with Gasteiger partial charge in [-0.25, -0.2) is 4.98 Å². The highest BCUT2D eigenvalue weighted by Gasteiger charge is 2.30. The zero-order valence-corrected chi connectivity index (χ0v) is 22.6. The molecule has 2 amide bonds. The van der Waals surface area contributed by atoms with E-state index in [0.29, 0.717) is 0 Å². The molecule has 2 saturated carbocycles. The molecule has 0 unspecified atom stereocenters. The fraction of sp³-hybridized carbons (Fsp3) is 0.206. The van der Waals surface area contributed by atoms with E-state index in [4.69, 9.17) is 0 Å². The van der Waals surface area contributed by atoms with Gasteiger partial charge in [-0.15, -0.1) is 0 Å². The van der Waals surface area contributed by atoms with Gasteiger partial charge in [0.2, 0.25) is 11.8 Å². The summed E-state index contributed by atoms with van der Waals surface area (Å²) in [5.41, 5.74) is 5.58. The number of carbonyl (C=O) groups is 2. The third-order valence-corrected chi connectivity index (χ3v) is 6.68. The summed E-state index contributed by atoms with van der Waals surface area (Å²) < 4.78 is 0. The second-order valence-corrected chi connectivity index (χ2v) is 10.2. The Bertz CT molecular complexity index is 1510. The SMILES string of the molecule is Cc1ccccc1.O=C(Nc1ccc(-c2nc3ccc(NC(=O)C4CC4)cc3[nH]2)cc1)C1CC1.c1ccccc1. The Balaban J connectivity index is 0.000000203. The third kappa shape index (κ3) is 7.90. The average molecular weight is 531 g/mol. The number of aromatic nitrogens is 2. The van der Waals surface area contributed by atoms with E-state index in [2.05, 4.69) is 39.7 Å². The minimum absolute atomic E-state index is 0.0953. The molecule has 0 bridgehead atoms. The molecule has 2 aliphatic carbocycles. The molecule has 1 aromatic heterocycles. The van der Waals surface area contributed by atoms with Gasteiger partial charge in [-0.3, -0.25) is 9.59 Å². The predicted molar refractivity (Wildman–Crippen MR) is 162 cm³/mol. The predicted octanol–water partition coefficient (Wildman–Crippen LogP) is 7.61. The number of anilines is 2. The lowest BCUT2D eigenvalue weighted by Gasteiger charge is -2.04. The lowest BCUT2D eigenvalue weighted by atomic mass is 10.2. The normalized spacial score (nSPS) is 13.7. The van der Waals surface area contributed by atoms with E-state index in [0.717, 1.165) is 59.5 Å². The highest BCUT2D eigenvalue weighted by atomic mass is 16.2. The van der Waals surface area contributed by atoms with E-state index in [-0.39, 0.29) is 23.7 Å². The van der Waals surface area contributed by atoms with Crippen molar-refractivity contribution in [3.63, 3.8) is 0 Å². The van der Waals surface area contributed by atoms with Gasteiger partial charge >= 0.3 is 0 Å². The fourth-order valence-corrected chi connectivity index (χ4v) is 4.03. The van der Waals surface area contributed by atoms with Crippen molar-refractivity contribution >= 4 is 34.2 Å². The zero-order valence-electron chi connectivity index (χ0n) is 22.6. The van der Waals surface area contributed by atoms with Crippen molar-refractivity contribution in [1.29, 1.82) is 0 Å². The second-order valence-electron chi connectivity index (χ2n) is 10.2. The molecule has 0 radical (unpaired) electrons. The van der Waals surface area contributed by atoms with Crippen molar-refractivity contribution in [1.82, 2.24) is 9.97 Å². The summed E-state index contributed by atoms with van der Waals surface area (Å²) >= 11 is 0. The standard InChI is InChI=1S/C21H20N4O2.C7H8.C6H6/c26-20(13-1-2-13)22-15-7-5-12(6-8-15)19-24-17-10-9-16(11-18(17)25-19)23-21(27)14-3-4-14;1-7-5-3-2-4-6-7;1-2-4-6-5-3-1/h5-11,13-14H,1-4H2,(H,22,26)(H,23,27)(H,24,25);2-6H,1H3;1-6H. The lowest BCUT2D eigenvalue weighted by Crippen LogP contribution is -2.13. The highest BCUT2D eigenvalue weighted by Crippen LogP contribution is 2.32. The maximum absolute atomic E-state index is 11.9. The van der Waals surface area contributed by atoms with E-state index in [1.807, 2.05) is 97.1 Å². The molecule has 6 heteroatoms. The molecule has 1 heterocycles. The number of aromatic amines is 1. The van der Waals surface area contributed by atoms with Crippen LogP contribution in [0, 0.1) is 18.8 Å². The molecule has 3 N–H and O–H groups in total. The first-order chi connectivity index (χ1) is 19.5. The molecule has 0 saturated heterocycles. The number of aryl methyl sites for hydroxylation is 1. The number of rotatable bonds is 5. The molecular weight excluding hydrogens is 496 g/mol. The van der Waals surface area contributed by atoms with Crippen LogP contribution >= 0.6 is 0 Å². The number of amides is 2. The Kier molecular flexibility index (Phi) is 8.66. The van der Waals surface area contributed by atoms with Gasteiger partial charge in [0.1, 0.15) is 5.82 Å². The maximum Gasteiger partial charge on any atom is 0.227 e. The van der Waals surface area contributed by atoms with Crippen molar-refractivity contribution < 1.29 is 9.59 Å². The maximum atomic E-state index is 11.9. The Hall–Kier alpha value is -4.71. The first-order valence-corrected chi connectivity index (χ1v) is 13.8. The van der Waals surface area contributed by atoms with Crippen LogP contribution in [0.3, 0.4) is 0 Å². The van der Waals surface area contributed by atoms with Crippen LogP contribution in [-0.2, 0) is 9.59 Å². The summed E-state index contributed by atoms with van der Waals surface area (Å²) in [6.45, 7) is 2.08. The van der Waals surface area contributed by atoms with Crippen molar-refractivity contribution in [2.75, 3.05) is 10.6 Å². The first kappa shape index (κ1) is 26.9. The summed E-state index contributed by atoms with van der Waals surface area (Å²) in [6, 6.07) is 35.6. The highest BCUT2D eigenvalue weighted by molar-refractivity contribution is 5.96. The van der Waals surface area contributed by atoms with Crippen molar-refractivity contribution in [2.24, 2.45) is 11.8 Å². The van der Waals surface area contributed by atoms with E-state index >= 15 is 0 Å². The van der Waals surface area contributed by atoms with Crippen LogP contribution in [0.15, 0.2) is 109 Å². The van der Waals surface area contributed by atoms with Crippen molar-refractivity contribution in [3.8, 4) is 11.4 Å². The minimum atomic E-state index is 0.0953. The molecule has 6 nitrogen and oxygen atoms in total. The molecular formula is C34H34N4O2. The molecule has 202 valence electrons. The topological polar surface area (TPSA) is 86.9 Å². The van der Waals surface area contributed by atoms with E-state index in [1.165, 1.54) is 5.56 Å². The Morgan fingerprint density at radius 2 is 1.18 bits per heavy atom. The minimum Gasteiger partial charge on any atom is -0.338 e. The summed E-state index contributed by atoms with van der Waals surface area (Å²) in [6.07, 6.45) is 3.96. The molecule has 0 aliphatic heterocycles. The van der Waals surface area contributed by atoms with Crippen molar-refractivity contribution in [2.45, 2.75) is 32.6 Å². The Labute approximate surface area is 234 Å². The molecule has 40 heavy (non-hydrogen) atoms. The van der Waals surface area contributed by atoms with Gasteiger partial charge < -0.3 is 15.6 Å². The molecule has 2 fully saturated rings. The van der Waals surface area contributed by atoms with Gasteiger partial charge in [0, 0.05) is 28.8 Å². The largest absolute Gasteiger partial charge is 0.338 e. The Morgan fingerprint density at radius 3 is 1.68 bits per heavy atom. The van der Waals surface area contributed by atoms with E-state index < -0.39 is 0 Å². The third-order valence-electron chi connectivity index (χ3n) is 6.68. The number of nitrogens with one attached hydrogen (secondary N) is 3. The van der Waals surface area contributed by atoms with Gasteiger partial charge in [0.25, 0.3) is 0 Å². The fourth-order valence-electron chi connectivity index (χ4n) is 4.03. The van der Waals surface area contributed by atoms with Gasteiger partial charge in [-0.05, 0) is 75.1 Å². The molecule has 5 aromatic rings. The number of benzene rings is 4. The first-order valence-electron chi connectivity index (χ1n) is 13.8. The quantitative estimate of drug-likeness (QED) is 0.219. The van der Waals surface area contributed by atoms with Crippen LogP contribution in [0.1, 0.15) is 31.2 Å². The van der Waals surface area contributed by atoms with E-state index in [1.54, 1.807) is 0 Å². The second kappa shape index (κ2) is 12.9. The molecule has 2 aliphatic rings. The number of imidazole rings is 1. The zero-order chi connectivity index (χ0) is 27.7. The summed E-state index contributed by atoms with van der Waals surface area (Å²) in [7, 11) is 0. The molecule has 0 atom stereocenters. The van der Waals surface area contributed by atoms with Crippen LogP contribution in [-0.4, -0.2) is 21.8 Å². The lowest BCUT2D eigenvalue weighted by molar-refractivity contribution is -0.118. The van der Waals surface area contributed by atoms with Gasteiger partial charge in [0.15, 0.2) is 0 Å². The molecule has 7 rings (SSSR count).